The Balaban J connectivity index is 0.000000175. The van der Waals surface area contributed by atoms with Crippen LogP contribution in [0.1, 0.15) is 131 Å². The number of aromatic hydroxyl groups is 3. The van der Waals surface area contributed by atoms with Gasteiger partial charge in [0.1, 0.15) is 66.9 Å². The molecule has 138 heavy (non-hydrogen) atoms. The monoisotopic (exact) mass is 2110 g/mol. The molecule has 0 saturated carbocycles. The summed E-state index contributed by atoms with van der Waals surface area (Å²) < 4.78 is 49.6. The maximum atomic E-state index is 15.7. The van der Waals surface area contributed by atoms with Crippen LogP contribution in [0.5, 0.6) is 17.2 Å². The van der Waals surface area contributed by atoms with E-state index in [-0.39, 0.29) is 187 Å². The minimum absolute atomic E-state index is 0.0229. The van der Waals surface area contributed by atoms with Gasteiger partial charge in [-0.3, -0.25) is 57.4 Å². The number of anilines is 3. The Bertz CT molecular complexity index is 6790. The number of benzene rings is 3. The molecule has 42 heteroatoms. The molecule has 9 aromatic heterocycles. The topological polar surface area (TPSA) is 346 Å². The number of carbonyl (C=O) groups excluding carboxylic acids is 3. The number of hydrogen-bond acceptors (Lipinski definition) is 21. The lowest BCUT2D eigenvalue weighted by atomic mass is 10.0. The van der Waals surface area contributed by atoms with Crippen LogP contribution in [-0.2, 0) is 14.4 Å². The van der Waals surface area contributed by atoms with E-state index in [2.05, 4.69) is 52.9 Å². The van der Waals surface area contributed by atoms with Crippen molar-refractivity contribution in [3.8, 4) is 86.3 Å². The van der Waals surface area contributed by atoms with Crippen LogP contribution in [0.15, 0.2) is 107 Å². The first-order valence-electron chi connectivity index (χ1n) is 42.4. The van der Waals surface area contributed by atoms with Crippen molar-refractivity contribution >= 4 is 207 Å². The zero-order valence-corrected chi connectivity index (χ0v) is 84.5. The summed E-state index contributed by atoms with van der Waals surface area (Å²) in [5.74, 6) is -6.69. The summed E-state index contributed by atoms with van der Waals surface area (Å²) >= 11 is 76.2. The molecule has 12 heterocycles. The van der Waals surface area contributed by atoms with E-state index in [1.54, 1.807) is 72.3 Å². The van der Waals surface area contributed by atoms with Crippen molar-refractivity contribution in [2.24, 2.45) is 0 Å². The Kier molecular flexibility index (Phi) is 31.1. The number of aromatic nitrogens is 9. The number of rotatable bonds is 15. The lowest BCUT2D eigenvalue weighted by Crippen LogP contribution is -2.54. The lowest BCUT2D eigenvalue weighted by Gasteiger charge is -2.41. The molecule has 0 radical (unpaired) electrons. The minimum atomic E-state index is -1.14. The van der Waals surface area contributed by atoms with Gasteiger partial charge in [0.05, 0.1) is 119 Å². The maximum Gasteiger partial charge on any atom is 0.276 e. The quantitative estimate of drug-likeness (QED) is 0.0487. The van der Waals surface area contributed by atoms with Gasteiger partial charge in [-0.05, 0) is 131 Å². The van der Waals surface area contributed by atoms with Crippen molar-refractivity contribution in [3.63, 3.8) is 0 Å². The zero-order chi connectivity index (χ0) is 101. The van der Waals surface area contributed by atoms with Gasteiger partial charge >= 0.3 is 0 Å². The summed E-state index contributed by atoms with van der Waals surface area (Å²) in [6, 6.07) is 15.0. The van der Waals surface area contributed by atoms with Gasteiger partial charge in [-0.25, -0.2) is 28.1 Å². The third kappa shape index (κ3) is 18.3. The normalized spacial score (nSPS) is 15.0. The van der Waals surface area contributed by atoms with E-state index in [0.29, 0.717) is 86.6 Å². The van der Waals surface area contributed by atoms with Crippen molar-refractivity contribution in [3.05, 3.63) is 252 Å². The number of carbonyl (C=O) groups is 3. The second kappa shape index (κ2) is 41.4. The third-order valence-electron chi connectivity index (χ3n) is 24.0. The first kappa shape index (κ1) is 104. The number of phenols is 3. The number of fused-ring (bicyclic) bond motifs is 3. The van der Waals surface area contributed by atoms with Gasteiger partial charge in [0, 0.05) is 123 Å². The third-order valence-corrected chi connectivity index (χ3v) is 28.2. The molecule has 12 aromatic rings. The Morgan fingerprint density at radius 3 is 0.913 bits per heavy atom. The van der Waals surface area contributed by atoms with Gasteiger partial charge < -0.3 is 44.7 Å². The molecule has 714 valence electrons. The van der Waals surface area contributed by atoms with E-state index in [1.807, 2.05) is 77.0 Å². The fraction of sp³-hybridized carbons (Fsp3) is 0.281. The van der Waals surface area contributed by atoms with E-state index in [4.69, 9.17) is 154 Å². The van der Waals surface area contributed by atoms with E-state index in [1.165, 1.54) is 50.1 Å². The van der Waals surface area contributed by atoms with Crippen molar-refractivity contribution in [2.75, 3.05) is 73.6 Å². The molecular formula is C96H81Cl12F3N18O9. The summed E-state index contributed by atoms with van der Waals surface area (Å²) in [6.07, 6.45) is 8.59. The van der Waals surface area contributed by atoms with Gasteiger partial charge in [-0.2, -0.15) is 15.8 Å². The van der Waals surface area contributed by atoms with Crippen LogP contribution in [0.4, 0.5) is 30.2 Å². The van der Waals surface area contributed by atoms with Gasteiger partial charge in [0.25, 0.3) is 16.7 Å². The summed E-state index contributed by atoms with van der Waals surface area (Å²) in [5, 5.41) is 58.8. The Morgan fingerprint density at radius 2 is 0.659 bits per heavy atom. The highest BCUT2D eigenvalue weighted by Crippen LogP contribution is 2.53. The second-order valence-corrected chi connectivity index (χ2v) is 38.2. The fourth-order valence-electron chi connectivity index (χ4n) is 17.4. The van der Waals surface area contributed by atoms with E-state index >= 15 is 13.2 Å². The van der Waals surface area contributed by atoms with E-state index in [0.717, 1.165) is 0 Å². The van der Waals surface area contributed by atoms with Gasteiger partial charge in [0.2, 0.25) is 17.7 Å². The van der Waals surface area contributed by atoms with Gasteiger partial charge in [-0.15, -0.1) is 0 Å². The maximum absolute atomic E-state index is 15.7. The van der Waals surface area contributed by atoms with Crippen LogP contribution in [0, 0.1) is 72.2 Å². The van der Waals surface area contributed by atoms with Crippen LogP contribution in [-0.4, -0.2) is 168 Å². The molecule has 3 N–H and O–H groups in total. The Morgan fingerprint density at radius 1 is 0.399 bits per heavy atom. The van der Waals surface area contributed by atoms with Crippen LogP contribution in [0.2, 0.25) is 60.3 Å². The molecule has 3 fully saturated rings. The molecule has 3 aliphatic rings. The van der Waals surface area contributed by atoms with Crippen LogP contribution >= 0.6 is 139 Å². The zero-order valence-electron chi connectivity index (χ0n) is 75.4. The standard InChI is InChI=1S/3C32H27Cl4FN6O3/c1-6-20(44)42-10-9-41(13-16(42)5)29-17-11-19(33)27(21-22(34)30(45)24(36)23(35)25(21)37)40-31(17)43(32(46)18(29)12-38)28-15(4)7-8-39-26(28)14(2)3;2*1-6-20(44)42-10-9-41(13-16(42)5)29-17-11-19(33)27(21-22(34)25(37)24(36)30(45)23(21)35)40-31(17)43(32(46)18(29)12-38)28-15(4)7-8-39-26(28)14(2)3/h3*6-8,11,14,16,45H,1,9-10,13H2,2-5H3/t3*16-/m111/s1. The predicted molar refractivity (Wildman–Crippen MR) is 538 cm³/mol. The fourth-order valence-corrected chi connectivity index (χ4v) is 20.6. The summed E-state index contributed by atoms with van der Waals surface area (Å²) in [7, 11) is 0. The number of hydrogen-bond donors (Lipinski definition) is 3. The molecule has 3 atom stereocenters. The summed E-state index contributed by atoms with van der Waals surface area (Å²) in [6.45, 7) is 35.7. The molecule has 15 rings (SSSR count). The second-order valence-electron chi connectivity index (χ2n) is 33.6. The van der Waals surface area contributed by atoms with Crippen LogP contribution in [0.25, 0.3) is 83.9 Å². The molecule has 0 aliphatic carbocycles. The van der Waals surface area contributed by atoms with Gasteiger partial charge in [0.15, 0.2) is 34.7 Å². The molecular weight excluding hydrogens is 2030 g/mol. The first-order valence-corrected chi connectivity index (χ1v) is 46.9. The number of aryl methyl sites for hydroxylation is 3. The highest BCUT2D eigenvalue weighted by Gasteiger charge is 2.40. The Labute approximate surface area is 848 Å². The summed E-state index contributed by atoms with van der Waals surface area (Å²) in [5.41, 5.74) is 1.88. The van der Waals surface area contributed by atoms with Crippen LogP contribution < -0.4 is 31.4 Å². The number of halogens is 15. The van der Waals surface area contributed by atoms with Crippen molar-refractivity contribution in [1.29, 1.82) is 15.8 Å². The number of pyridine rings is 9. The smallest absolute Gasteiger partial charge is 0.276 e. The number of nitrogens with zero attached hydrogens (tertiary/aromatic N) is 18. The van der Waals surface area contributed by atoms with E-state index in [9.17, 15) is 59.9 Å². The van der Waals surface area contributed by atoms with E-state index < -0.39 is 102 Å². The minimum Gasteiger partial charge on any atom is -0.505 e. The van der Waals surface area contributed by atoms with Gasteiger partial charge in [-0.1, -0.05) is 200 Å². The number of amides is 3. The summed E-state index contributed by atoms with van der Waals surface area (Å²) in [4.78, 5) is 119. The molecule has 3 saturated heterocycles. The Hall–Kier alpha value is -11.6. The van der Waals surface area contributed by atoms with Crippen molar-refractivity contribution < 1.29 is 42.9 Å². The molecule has 27 nitrogen and oxygen atoms in total. The average Bonchev–Trinajstić information content (AvgIpc) is 0.726. The molecule has 3 amide bonds. The number of nitriles is 3. The predicted octanol–water partition coefficient (Wildman–Crippen LogP) is 22.3. The largest absolute Gasteiger partial charge is 0.505 e. The highest BCUT2D eigenvalue weighted by molar-refractivity contribution is 6.48. The van der Waals surface area contributed by atoms with Crippen molar-refractivity contribution in [2.45, 2.75) is 119 Å². The number of phenolic OH excluding ortho intramolecular Hbond substituents is 3. The highest BCUT2D eigenvalue weighted by atomic mass is 35.5. The SMILES string of the molecule is C=CC(=O)N1CCN(c2c(C#N)c(=O)n(-c3c(C)ccnc3C(C)C)c3nc(-c4c(Cl)c(O)c(Cl)c(F)c4Cl)c(Cl)cc23)C[C@H]1C.C=CC(=O)N1CCN(c2c(C#N)c(=O)n(-c3c(C)ccnc3C(C)C)c3nc(-c4c(Cl)c(O)c(Cl)c(F)c4Cl)c(Cl)cc23)C[C@H]1C.C=CC(=O)N1CCN(c2c(C#N)c(=O)n(-c3c(C)ccnc3C(C)C)c3nc(-c4c(F)c(Cl)c(Cl)c(O)c4Cl)c(Cl)cc23)C[C@H]1C. The first-order chi connectivity index (χ1) is 65.2. The lowest BCUT2D eigenvalue weighted by molar-refractivity contribution is -0.129. The van der Waals surface area contributed by atoms with Crippen LogP contribution in [0.3, 0.4) is 0 Å². The average molecular weight is 2110 g/mol. The van der Waals surface area contributed by atoms with Crippen molar-refractivity contribution in [1.82, 2.24) is 58.3 Å². The molecule has 0 bridgehead atoms. The molecule has 3 aromatic carbocycles. The number of piperazine rings is 3. The molecule has 3 aliphatic heterocycles. The molecule has 0 spiro atoms. The molecule has 0 unspecified atom stereocenters.